The molecule has 0 aromatic heterocycles. The molecule has 0 radical (unpaired) electrons. The van der Waals surface area contributed by atoms with Gasteiger partial charge in [0, 0.05) is 12.6 Å². The number of nitrogens with zero attached hydrogens (tertiary/aromatic N) is 1. The van der Waals surface area contributed by atoms with E-state index >= 15 is 0 Å². The fraction of sp³-hybridized carbons (Fsp3) is 0.600. The van der Waals surface area contributed by atoms with Crippen LogP contribution in [0.3, 0.4) is 0 Å². The highest BCUT2D eigenvalue weighted by molar-refractivity contribution is 5.14. The van der Waals surface area contributed by atoms with Crippen LogP contribution in [0, 0.1) is 0 Å². The number of piperidine rings is 1. The highest BCUT2D eigenvalue weighted by Gasteiger charge is 2.23. The van der Waals surface area contributed by atoms with Gasteiger partial charge in [0.1, 0.15) is 0 Å². The maximum absolute atomic E-state index is 12.5. The molecule has 1 heterocycles. The summed E-state index contributed by atoms with van der Waals surface area (Å²) < 4.78 is 24.9. The quantitative estimate of drug-likeness (QED) is 0.883. The van der Waals surface area contributed by atoms with E-state index in [1.54, 1.807) is 6.92 Å². The van der Waals surface area contributed by atoms with Crippen LogP contribution in [0.4, 0.5) is 8.78 Å². The number of benzene rings is 1. The summed E-state index contributed by atoms with van der Waals surface area (Å²) in [5, 5.41) is 3.03. The Bertz CT molecular complexity index is 362. The molecule has 1 aromatic rings. The zero-order chi connectivity index (χ0) is 13.7. The summed E-state index contributed by atoms with van der Waals surface area (Å²) in [7, 11) is 0. The Labute approximate surface area is 113 Å². The molecule has 1 N–H and O–H groups in total. The second-order valence-corrected chi connectivity index (χ2v) is 5.33. The van der Waals surface area contributed by atoms with E-state index in [9.17, 15) is 8.78 Å². The molecule has 0 amide bonds. The minimum atomic E-state index is -2.28. The van der Waals surface area contributed by atoms with Gasteiger partial charge < -0.3 is 5.32 Å². The number of halogens is 2. The number of alkyl halides is 2. The van der Waals surface area contributed by atoms with E-state index in [-0.39, 0.29) is 6.04 Å². The van der Waals surface area contributed by atoms with Crippen LogP contribution in [0.25, 0.3) is 0 Å². The van der Waals surface area contributed by atoms with Gasteiger partial charge in [-0.05, 0) is 38.4 Å². The fourth-order valence-electron chi connectivity index (χ4n) is 2.54. The number of hydrogen-bond donors (Lipinski definition) is 1. The molecular formula is C15H22F2N2. The van der Waals surface area contributed by atoms with Crippen molar-refractivity contribution in [2.75, 3.05) is 13.1 Å². The van der Waals surface area contributed by atoms with E-state index in [0.717, 1.165) is 32.5 Å². The van der Waals surface area contributed by atoms with E-state index in [1.807, 2.05) is 18.2 Å². The van der Waals surface area contributed by atoms with Gasteiger partial charge >= 0.3 is 0 Å². The molecular weight excluding hydrogens is 246 g/mol. The summed E-state index contributed by atoms with van der Waals surface area (Å²) >= 11 is 0. The van der Waals surface area contributed by atoms with Crippen LogP contribution < -0.4 is 5.32 Å². The van der Waals surface area contributed by atoms with Crippen LogP contribution in [0.2, 0.25) is 0 Å². The average molecular weight is 268 g/mol. The third kappa shape index (κ3) is 4.55. The van der Waals surface area contributed by atoms with Crippen molar-refractivity contribution in [1.82, 2.24) is 10.2 Å². The smallest absolute Gasteiger partial charge is 0.253 e. The molecule has 0 bridgehead atoms. The van der Waals surface area contributed by atoms with E-state index in [2.05, 4.69) is 22.3 Å². The van der Waals surface area contributed by atoms with Crippen molar-refractivity contribution in [3.8, 4) is 0 Å². The van der Waals surface area contributed by atoms with Crippen LogP contribution in [0.15, 0.2) is 30.3 Å². The molecule has 1 saturated heterocycles. The van der Waals surface area contributed by atoms with Gasteiger partial charge in [-0.2, -0.15) is 0 Å². The summed E-state index contributed by atoms with van der Waals surface area (Å²) in [6, 6.07) is 9.90. The lowest BCUT2D eigenvalue weighted by Gasteiger charge is -2.33. The Morgan fingerprint density at radius 1 is 1.21 bits per heavy atom. The van der Waals surface area contributed by atoms with Gasteiger partial charge in [0.2, 0.25) is 0 Å². The number of likely N-dealkylation sites (tertiary alicyclic amines) is 1. The minimum Gasteiger partial charge on any atom is -0.306 e. The molecule has 4 heteroatoms. The summed E-state index contributed by atoms with van der Waals surface area (Å²) in [6.45, 7) is 4.46. The van der Waals surface area contributed by atoms with E-state index < -0.39 is 12.5 Å². The van der Waals surface area contributed by atoms with Gasteiger partial charge in [-0.15, -0.1) is 0 Å². The molecule has 0 aliphatic carbocycles. The maximum Gasteiger partial charge on any atom is 0.253 e. The molecule has 2 rings (SSSR count). The molecule has 1 aliphatic heterocycles. The van der Waals surface area contributed by atoms with Gasteiger partial charge in [-0.3, -0.25) is 4.90 Å². The molecule has 0 spiro atoms. The molecule has 19 heavy (non-hydrogen) atoms. The van der Waals surface area contributed by atoms with E-state index in [1.165, 1.54) is 5.56 Å². The Kier molecular flexibility index (Phi) is 5.28. The van der Waals surface area contributed by atoms with Crippen molar-refractivity contribution >= 4 is 0 Å². The first-order valence-electron chi connectivity index (χ1n) is 6.95. The highest BCUT2D eigenvalue weighted by atomic mass is 19.3. The van der Waals surface area contributed by atoms with Crippen LogP contribution >= 0.6 is 0 Å². The second kappa shape index (κ2) is 6.96. The van der Waals surface area contributed by atoms with Crippen molar-refractivity contribution < 1.29 is 8.78 Å². The predicted molar refractivity (Wildman–Crippen MR) is 73.3 cm³/mol. The van der Waals surface area contributed by atoms with E-state index in [4.69, 9.17) is 0 Å². The third-order valence-corrected chi connectivity index (χ3v) is 3.71. The summed E-state index contributed by atoms with van der Waals surface area (Å²) in [5.41, 5.74) is 1.31. The third-order valence-electron chi connectivity index (χ3n) is 3.71. The minimum absolute atomic E-state index is 0.232. The van der Waals surface area contributed by atoms with Gasteiger partial charge in [0.25, 0.3) is 6.43 Å². The fourth-order valence-corrected chi connectivity index (χ4v) is 2.54. The van der Waals surface area contributed by atoms with Gasteiger partial charge in [0.15, 0.2) is 0 Å². The maximum atomic E-state index is 12.5. The largest absolute Gasteiger partial charge is 0.306 e. The monoisotopic (exact) mass is 268 g/mol. The molecule has 1 atom stereocenters. The molecule has 1 fully saturated rings. The predicted octanol–water partition coefficient (Wildman–Crippen LogP) is 2.89. The SMILES string of the molecule is CC(NC1CCN(Cc2ccccc2)CC1)C(F)F. The lowest BCUT2D eigenvalue weighted by molar-refractivity contribution is 0.0896. The highest BCUT2D eigenvalue weighted by Crippen LogP contribution is 2.15. The van der Waals surface area contributed by atoms with Gasteiger partial charge in [-0.1, -0.05) is 30.3 Å². The zero-order valence-corrected chi connectivity index (χ0v) is 11.4. The molecule has 1 aliphatic rings. The number of nitrogens with one attached hydrogen (secondary N) is 1. The summed E-state index contributed by atoms with van der Waals surface area (Å²) in [4.78, 5) is 2.39. The summed E-state index contributed by atoms with van der Waals surface area (Å²) in [5.74, 6) is 0. The molecule has 1 unspecified atom stereocenters. The van der Waals surface area contributed by atoms with Crippen LogP contribution in [-0.4, -0.2) is 36.5 Å². The van der Waals surface area contributed by atoms with Crippen molar-refractivity contribution in [3.63, 3.8) is 0 Å². The number of rotatable bonds is 5. The molecule has 0 saturated carbocycles. The first kappa shape index (κ1) is 14.4. The second-order valence-electron chi connectivity index (χ2n) is 5.33. The van der Waals surface area contributed by atoms with Crippen LogP contribution in [0.5, 0.6) is 0 Å². The van der Waals surface area contributed by atoms with E-state index in [0.29, 0.717) is 0 Å². The molecule has 2 nitrogen and oxygen atoms in total. The first-order chi connectivity index (χ1) is 9.15. The van der Waals surface area contributed by atoms with Crippen molar-refractivity contribution in [2.24, 2.45) is 0 Å². The lowest BCUT2D eigenvalue weighted by Crippen LogP contribution is -2.47. The number of hydrogen-bond acceptors (Lipinski definition) is 2. The Hall–Kier alpha value is -1.00. The first-order valence-corrected chi connectivity index (χ1v) is 6.95. The van der Waals surface area contributed by atoms with Crippen molar-refractivity contribution in [3.05, 3.63) is 35.9 Å². The topological polar surface area (TPSA) is 15.3 Å². The Balaban J connectivity index is 1.73. The van der Waals surface area contributed by atoms with Crippen molar-refractivity contribution in [1.29, 1.82) is 0 Å². The summed E-state index contributed by atoms with van der Waals surface area (Å²) in [6.07, 6.45) is -0.379. The zero-order valence-electron chi connectivity index (χ0n) is 11.4. The standard InChI is InChI=1S/C15H22F2N2/c1-12(15(16)17)18-14-7-9-19(10-8-14)11-13-5-3-2-4-6-13/h2-6,12,14-15,18H,7-11H2,1H3. The Morgan fingerprint density at radius 2 is 1.84 bits per heavy atom. The normalized spacial score (nSPS) is 19.8. The van der Waals surface area contributed by atoms with Gasteiger partial charge in [0.05, 0.1) is 6.04 Å². The van der Waals surface area contributed by atoms with Gasteiger partial charge in [-0.25, -0.2) is 8.78 Å². The van der Waals surface area contributed by atoms with Crippen molar-refractivity contribution in [2.45, 2.75) is 44.8 Å². The lowest BCUT2D eigenvalue weighted by atomic mass is 10.0. The average Bonchev–Trinajstić information content (AvgIpc) is 2.42. The molecule has 1 aromatic carbocycles. The molecule has 106 valence electrons. The van der Waals surface area contributed by atoms with Crippen LogP contribution in [-0.2, 0) is 6.54 Å². The Morgan fingerprint density at radius 3 is 2.42 bits per heavy atom. The van der Waals surface area contributed by atoms with Crippen LogP contribution in [0.1, 0.15) is 25.3 Å².